The van der Waals surface area contributed by atoms with E-state index in [0.717, 1.165) is 11.3 Å². The van der Waals surface area contributed by atoms with E-state index in [2.05, 4.69) is 6.58 Å². The molecule has 0 N–H and O–H groups in total. The van der Waals surface area contributed by atoms with Crippen LogP contribution in [0.1, 0.15) is 33.3 Å². The zero-order valence-electron chi connectivity index (χ0n) is 10.5. The van der Waals surface area contributed by atoms with Crippen LogP contribution in [0.15, 0.2) is 30.8 Å². The fraction of sp³-hybridized carbons (Fsp3) is 0.429. The van der Waals surface area contributed by atoms with Gasteiger partial charge in [0, 0.05) is 19.4 Å². The van der Waals surface area contributed by atoms with E-state index in [1.165, 1.54) is 0 Å². The van der Waals surface area contributed by atoms with Crippen LogP contribution in [0.25, 0.3) is 6.08 Å². The Balaban J connectivity index is 2.82. The first-order valence-corrected chi connectivity index (χ1v) is 5.53. The molecular formula is C14H20O2. The van der Waals surface area contributed by atoms with Gasteiger partial charge in [0.15, 0.2) is 0 Å². The van der Waals surface area contributed by atoms with Gasteiger partial charge in [-0.3, -0.25) is 0 Å². The second-order valence-corrected chi connectivity index (χ2v) is 4.41. The summed E-state index contributed by atoms with van der Waals surface area (Å²) in [4.78, 5) is 0. The third kappa shape index (κ3) is 3.70. The molecule has 0 fully saturated rings. The van der Waals surface area contributed by atoms with Crippen LogP contribution in [0.3, 0.4) is 0 Å². The van der Waals surface area contributed by atoms with Crippen LogP contribution < -0.4 is 4.74 Å². The monoisotopic (exact) mass is 220 g/mol. The summed E-state index contributed by atoms with van der Waals surface area (Å²) >= 11 is 0. The predicted octanol–water partition coefficient (Wildman–Crippen LogP) is 3.87. The molecule has 0 heterocycles. The van der Waals surface area contributed by atoms with Crippen LogP contribution in [0.2, 0.25) is 0 Å². The van der Waals surface area contributed by atoms with E-state index in [0.29, 0.717) is 0 Å². The fourth-order valence-electron chi connectivity index (χ4n) is 1.60. The Kier molecular flexibility index (Phi) is 4.13. The lowest BCUT2D eigenvalue weighted by atomic mass is 10.2. The van der Waals surface area contributed by atoms with Gasteiger partial charge in [0.2, 0.25) is 5.79 Å². The number of rotatable bonds is 5. The maximum Gasteiger partial charge on any atom is 0.205 e. The molecule has 0 spiro atoms. The van der Waals surface area contributed by atoms with Crippen molar-refractivity contribution in [2.45, 2.75) is 39.6 Å². The molecule has 0 unspecified atom stereocenters. The Morgan fingerprint density at radius 2 is 1.88 bits per heavy atom. The van der Waals surface area contributed by atoms with E-state index in [9.17, 15) is 0 Å². The lowest BCUT2D eigenvalue weighted by molar-refractivity contribution is -0.178. The zero-order valence-corrected chi connectivity index (χ0v) is 10.5. The lowest BCUT2D eigenvalue weighted by Gasteiger charge is -2.29. The van der Waals surface area contributed by atoms with E-state index in [4.69, 9.17) is 9.47 Å². The molecular weight excluding hydrogens is 200 g/mol. The van der Waals surface area contributed by atoms with Gasteiger partial charge in [-0.1, -0.05) is 30.9 Å². The van der Waals surface area contributed by atoms with E-state index < -0.39 is 5.79 Å². The number of para-hydroxylation sites is 1. The molecule has 0 aliphatic carbocycles. The first-order chi connectivity index (χ1) is 7.44. The maximum atomic E-state index is 5.84. The molecule has 1 aromatic rings. The summed E-state index contributed by atoms with van der Waals surface area (Å²) < 4.78 is 11.5. The van der Waals surface area contributed by atoms with Gasteiger partial charge in [0.1, 0.15) is 5.75 Å². The molecule has 1 aromatic carbocycles. The summed E-state index contributed by atoms with van der Waals surface area (Å²) in [5.74, 6) is 0.163. The molecule has 0 amide bonds. The molecule has 2 nitrogen and oxygen atoms in total. The van der Waals surface area contributed by atoms with Gasteiger partial charge in [0.25, 0.3) is 0 Å². The summed E-state index contributed by atoms with van der Waals surface area (Å²) in [7, 11) is 0. The Morgan fingerprint density at radius 3 is 2.44 bits per heavy atom. The zero-order chi connectivity index (χ0) is 12.2. The highest BCUT2D eigenvalue weighted by Gasteiger charge is 2.22. The molecule has 0 atom stereocenters. The molecule has 0 bridgehead atoms. The molecule has 16 heavy (non-hydrogen) atoms. The van der Waals surface area contributed by atoms with Crippen molar-refractivity contribution in [2.75, 3.05) is 0 Å². The molecule has 2 heteroatoms. The summed E-state index contributed by atoms with van der Waals surface area (Å²) in [6.07, 6.45) is 1.91. The van der Waals surface area contributed by atoms with Crippen molar-refractivity contribution in [1.29, 1.82) is 0 Å². The summed E-state index contributed by atoms with van der Waals surface area (Å²) in [6, 6.07) is 7.78. The molecule has 0 aromatic heterocycles. The summed E-state index contributed by atoms with van der Waals surface area (Å²) in [6.45, 7) is 11.6. The van der Waals surface area contributed by atoms with Gasteiger partial charge in [-0.15, -0.1) is 0 Å². The van der Waals surface area contributed by atoms with Gasteiger partial charge >= 0.3 is 0 Å². The minimum atomic E-state index is -0.632. The number of hydrogen-bond donors (Lipinski definition) is 0. The van der Waals surface area contributed by atoms with Crippen LogP contribution in [-0.2, 0) is 4.74 Å². The minimum Gasteiger partial charge on any atom is -0.462 e. The van der Waals surface area contributed by atoms with Crippen molar-refractivity contribution in [2.24, 2.45) is 0 Å². The Hall–Kier alpha value is -1.28. The average molecular weight is 220 g/mol. The smallest absolute Gasteiger partial charge is 0.205 e. The van der Waals surface area contributed by atoms with E-state index in [-0.39, 0.29) is 6.10 Å². The third-order valence-electron chi connectivity index (χ3n) is 2.01. The standard InChI is InChI=1S/C14H20O2/c1-6-12-9-7-8-10-13(12)16-14(4,5)15-11(2)3/h6-11H,1H2,2-5H3. The van der Waals surface area contributed by atoms with Gasteiger partial charge in [-0.05, 0) is 19.9 Å². The molecule has 1 rings (SSSR count). The van der Waals surface area contributed by atoms with Crippen molar-refractivity contribution in [3.05, 3.63) is 36.4 Å². The topological polar surface area (TPSA) is 18.5 Å². The van der Waals surface area contributed by atoms with Crippen molar-refractivity contribution < 1.29 is 9.47 Å². The minimum absolute atomic E-state index is 0.130. The van der Waals surface area contributed by atoms with Gasteiger partial charge in [-0.2, -0.15) is 0 Å². The number of hydrogen-bond acceptors (Lipinski definition) is 2. The van der Waals surface area contributed by atoms with Gasteiger partial charge in [-0.25, -0.2) is 0 Å². The van der Waals surface area contributed by atoms with Crippen molar-refractivity contribution in [3.8, 4) is 5.75 Å². The first-order valence-electron chi connectivity index (χ1n) is 5.53. The van der Waals surface area contributed by atoms with Crippen molar-refractivity contribution in [1.82, 2.24) is 0 Å². The van der Waals surface area contributed by atoms with Crippen molar-refractivity contribution in [3.63, 3.8) is 0 Å². The van der Waals surface area contributed by atoms with Crippen LogP contribution >= 0.6 is 0 Å². The fourth-order valence-corrected chi connectivity index (χ4v) is 1.60. The Labute approximate surface area is 97.9 Å². The Bertz CT molecular complexity index is 354. The van der Waals surface area contributed by atoms with E-state index in [1.807, 2.05) is 52.0 Å². The summed E-state index contributed by atoms with van der Waals surface area (Å²) in [5, 5.41) is 0. The molecule has 0 aliphatic rings. The highest BCUT2D eigenvalue weighted by atomic mass is 16.7. The lowest BCUT2D eigenvalue weighted by Crippen LogP contribution is -2.34. The quantitative estimate of drug-likeness (QED) is 0.701. The molecule has 88 valence electrons. The highest BCUT2D eigenvalue weighted by Crippen LogP contribution is 2.25. The second-order valence-electron chi connectivity index (χ2n) is 4.41. The predicted molar refractivity (Wildman–Crippen MR) is 67.5 cm³/mol. The largest absolute Gasteiger partial charge is 0.462 e. The van der Waals surface area contributed by atoms with Crippen molar-refractivity contribution >= 4 is 6.08 Å². The SMILES string of the molecule is C=Cc1ccccc1OC(C)(C)OC(C)C. The molecule has 0 radical (unpaired) electrons. The second kappa shape index (κ2) is 5.17. The molecule has 0 aliphatic heterocycles. The Morgan fingerprint density at radius 1 is 1.25 bits per heavy atom. The van der Waals surface area contributed by atoms with Crippen LogP contribution in [0.5, 0.6) is 5.75 Å². The third-order valence-corrected chi connectivity index (χ3v) is 2.01. The number of benzene rings is 1. The van der Waals surface area contributed by atoms with Gasteiger partial charge in [0.05, 0.1) is 6.10 Å². The first kappa shape index (κ1) is 12.8. The van der Waals surface area contributed by atoms with E-state index in [1.54, 1.807) is 6.08 Å². The van der Waals surface area contributed by atoms with Crippen LogP contribution in [0.4, 0.5) is 0 Å². The van der Waals surface area contributed by atoms with Crippen LogP contribution in [0, 0.1) is 0 Å². The summed E-state index contributed by atoms with van der Waals surface area (Å²) in [5.41, 5.74) is 0.975. The highest BCUT2D eigenvalue weighted by molar-refractivity contribution is 5.55. The molecule has 0 saturated heterocycles. The molecule has 0 saturated carbocycles. The normalized spacial score (nSPS) is 11.6. The average Bonchev–Trinajstić information content (AvgIpc) is 2.15. The van der Waals surface area contributed by atoms with Gasteiger partial charge < -0.3 is 9.47 Å². The maximum absolute atomic E-state index is 5.84. The van der Waals surface area contributed by atoms with Crippen LogP contribution in [-0.4, -0.2) is 11.9 Å². The van der Waals surface area contributed by atoms with E-state index >= 15 is 0 Å². The number of ether oxygens (including phenoxy) is 2.